The monoisotopic (exact) mass is 558 g/mol. The van der Waals surface area contributed by atoms with Crippen molar-refractivity contribution in [2.75, 3.05) is 18.0 Å². The number of pyridine rings is 1. The number of aryl methyl sites for hydroxylation is 3. The van der Waals surface area contributed by atoms with Crippen LogP contribution in [0.2, 0.25) is 0 Å². The van der Waals surface area contributed by atoms with Crippen LogP contribution < -0.4 is 10.5 Å². The first kappa shape index (κ1) is 29.1. The minimum atomic E-state index is -4.69. The Bertz CT molecular complexity index is 1600. The molecule has 0 aliphatic carbocycles. The first-order chi connectivity index (χ1) is 18.9. The van der Waals surface area contributed by atoms with Crippen molar-refractivity contribution in [1.29, 1.82) is 0 Å². The lowest BCUT2D eigenvalue weighted by Gasteiger charge is -2.37. The molecule has 0 bridgehead atoms. The number of alkyl halides is 3. The molecule has 0 radical (unpaired) electrons. The molecule has 1 fully saturated rings. The van der Waals surface area contributed by atoms with Crippen LogP contribution in [0.5, 0.6) is 0 Å². The molecule has 1 aliphatic rings. The van der Waals surface area contributed by atoms with E-state index in [1.54, 1.807) is 33.2 Å². The second kappa shape index (κ2) is 11.3. The number of ether oxygens (including phenoxy) is 1. The summed E-state index contributed by atoms with van der Waals surface area (Å²) in [7, 11) is 1.65. The van der Waals surface area contributed by atoms with E-state index < -0.39 is 23.7 Å². The average Bonchev–Trinajstić information content (AvgIpc) is 2.91. The molecule has 4 aromatic rings. The number of aromatic nitrogens is 5. The number of anilines is 1. The number of halogens is 4. The van der Waals surface area contributed by atoms with Gasteiger partial charge in [0.2, 0.25) is 11.5 Å². The molecule has 0 N–H and O–H groups in total. The number of fused-ring (bicyclic) bond motifs is 1. The summed E-state index contributed by atoms with van der Waals surface area (Å²) in [5.41, 5.74) is 1.000. The highest BCUT2D eigenvalue weighted by Gasteiger charge is 2.33. The number of nitrogens with zero attached hydrogens (tertiary/aromatic N) is 6. The van der Waals surface area contributed by atoms with Gasteiger partial charge in [0.05, 0.1) is 29.6 Å². The minimum Gasteiger partial charge on any atom is -0.367 e. The molecule has 8 nitrogen and oxygen atoms in total. The van der Waals surface area contributed by atoms with E-state index in [0.717, 1.165) is 17.7 Å². The number of morpholine rings is 1. The zero-order valence-corrected chi connectivity index (χ0v) is 23.0. The largest absolute Gasteiger partial charge is 0.416 e. The minimum absolute atomic E-state index is 0.0460. The molecule has 1 aliphatic heterocycles. The van der Waals surface area contributed by atoms with Crippen molar-refractivity contribution in [2.45, 2.75) is 53.0 Å². The maximum atomic E-state index is 15.1. The maximum Gasteiger partial charge on any atom is 0.416 e. The summed E-state index contributed by atoms with van der Waals surface area (Å²) in [4.78, 5) is 31.9. The van der Waals surface area contributed by atoms with Gasteiger partial charge in [-0.15, -0.1) is 0 Å². The van der Waals surface area contributed by atoms with Gasteiger partial charge < -0.3 is 14.2 Å². The van der Waals surface area contributed by atoms with Crippen LogP contribution in [0.1, 0.15) is 49.4 Å². The van der Waals surface area contributed by atoms with Crippen LogP contribution in [0.25, 0.3) is 22.4 Å². The summed E-state index contributed by atoms with van der Waals surface area (Å²) in [6, 6.07) is 5.47. The molecule has 0 spiro atoms. The predicted octanol–water partition coefficient (Wildman–Crippen LogP) is 5.55. The second-order valence-corrected chi connectivity index (χ2v) is 9.38. The number of hydrogen-bond donors (Lipinski definition) is 0. The zero-order valence-electron chi connectivity index (χ0n) is 23.0. The molecule has 212 valence electrons. The summed E-state index contributed by atoms with van der Waals surface area (Å²) >= 11 is 0. The van der Waals surface area contributed by atoms with E-state index in [4.69, 9.17) is 4.74 Å². The topological polar surface area (TPSA) is 86.0 Å². The third-order valence-corrected chi connectivity index (χ3v) is 6.51. The molecular formula is C28H30F4N6O2. The summed E-state index contributed by atoms with van der Waals surface area (Å²) in [5, 5.41) is 0. The lowest BCUT2D eigenvalue weighted by molar-refractivity contribution is -0.137. The van der Waals surface area contributed by atoms with Gasteiger partial charge in [-0.2, -0.15) is 18.2 Å². The molecule has 1 aromatic carbocycles. The lowest BCUT2D eigenvalue weighted by atomic mass is 10.1. The van der Waals surface area contributed by atoms with E-state index in [2.05, 4.69) is 19.9 Å². The van der Waals surface area contributed by atoms with Crippen LogP contribution in [0.4, 0.5) is 23.5 Å². The molecule has 0 saturated carbocycles. The van der Waals surface area contributed by atoms with Crippen molar-refractivity contribution < 1.29 is 22.3 Å². The quantitative estimate of drug-likeness (QED) is 0.305. The van der Waals surface area contributed by atoms with Crippen molar-refractivity contribution in [1.82, 2.24) is 24.5 Å². The molecule has 4 heterocycles. The van der Waals surface area contributed by atoms with E-state index in [1.807, 2.05) is 25.7 Å². The normalized spacial score (nSPS) is 17.5. The number of hydrogen-bond acceptors (Lipinski definition) is 7. The summed E-state index contributed by atoms with van der Waals surface area (Å²) in [6.45, 7) is 10.1. The van der Waals surface area contributed by atoms with E-state index >= 15 is 4.39 Å². The molecule has 40 heavy (non-hydrogen) atoms. The van der Waals surface area contributed by atoms with Crippen LogP contribution in [0, 0.1) is 19.7 Å². The van der Waals surface area contributed by atoms with E-state index in [0.29, 0.717) is 30.5 Å². The van der Waals surface area contributed by atoms with Crippen LogP contribution >= 0.6 is 0 Å². The Morgan fingerprint density at radius 1 is 0.975 bits per heavy atom. The van der Waals surface area contributed by atoms with E-state index in [-0.39, 0.29) is 40.0 Å². The van der Waals surface area contributed by atoms with Gasteiger partial charge in [-0.25, -0.2) is 19.3 Å². The molecular weight excluding hydrogens is 528 g/mol. The van der Waals surface area contributed by atoms with Crippen LogP contribution in [-0.4, -0.2) is 43.7 Å². The zero-order chi connectivity index (χ0) is 29.4. The van der Waals surface area contributed by atoms with E-state index in [1.165, 1.54) is 10.6 Å². The molecule has 2 atom stereocenters. The van der Waals surface area contributed by atoms with Crippen molar-refractivity contribution in [2.24, 2.45) is 7.05 Å². The van der Waals surface area contributed by atoms with Gasteiger partial charge in [-0.3, -0.25) is 4.79 Å². The Morgan fingerprint density at radius 3 is 2.33 bits per heavy atom. The molecule has 3 aromatic heterocycles. The van der Waals surface area contributed by atoms with Gasteiger partial charge >= 0.3 is 6.18 Å². The third kappa shape index (κ3) is 5.81. The van der Waals surface area contributed by atoms with Gasteiger partial charge in [0.15, 0.2) is 5.65 Å². The highest BCUT2D eigenvalue weighted by molar-refractivity contribution is 5.88. The highest BCUT2D eigenvalue weighted by atomic mass is 19.4. The molecule has 2 unspecified atom stereocenters. The summed E-state index contributed by atoms with van der Waals surface area (Å²) < 4.78 is 62.2. The van der Waals surface area contributed by atoms with Gasteiger partial charge in [-0.1, -0.05) is 13.8 Å². The predicted molar refractivity (Wildman–Crippen MR) is 144 cm³/mol. The van der Waals surface area contributed by atoms with E-state index in [9.17, 15) is 18.0 Å². The standard InChI is InChI=1S/C26H24F4N6O2.C2H6/c1-13-10-36(12-20(38-13)16-5-8-21(37)35(4)11-16)25-33-22(23-24(34-25)32-15(3)14(2)31-23)18-7-6-17(9-19(18)27)26(28,29)30;1-2/h5-9,11,13,20H,10,12H2,1-4H3;1-2H3. The Kier molecular flexibility index (Phi) is 8.20. The van der Waals surface area contributed by atoms with Crippen molar-refractivity contribution in [3.63, 3.8) is 0 Å². The SMILES string of the molecule is CC.Cc1nc2nc(N3CC(C)OC(c4ccc(=O)n(C)c4)C3)nc(-c3ccc(C(F)(F)F)cc3F)c2nc1C. The lowest BCUT2D eigenvalue weighted by Crippen LogP contribution is -2.44. The van der Waals surface area contributed by atoms with Crippen LogP contribution in [0.15, 0.2) is 41.3 Å². The molecule has 5 rings (SSSR count). The molecule has 0 amide bonds. The third-order valence-electron chi connectivity index (χ3n) is 6.51. The number of benzene rings is 1. The van der Waals surface area contributed by atoms with Crippen molar-refractivity contribution in [3.8, 4) is 11.3 Å². The fourth-order valence-corrected chi connectivity index (χ4v) is 4.42. The Morgan fingerprint density at radius 2 is 1.68 bits per heavy atom. The van der Waals surface area contributed by atoms with Gasteiger partial charge in [0.1, 0.15) is 23.1 Å². The first-order valence-corrected chi connectivity index (χ1v) is 12.9. The van der Waals surface area contributed by atoms with Crippen LogP contribution in [0.3, 0.4) is 0 Å². The molecule has 1 saturated heterocycles. The summed E-state index contributed by atoms with van der Waals surface area (Å²) in [6.07, 6.45) is -3.65. The highest BCUT2D eigenvalue weighted by Crippen LogP contribution is 2.35. The fraction of sp³-hybridized carbons (Fsp3) is 0.393. The Labute approximate surface area is 228 Å². The molecule has 12 heteroatoms. The van der Waals surface area contributed by atoms with Gasteiger partial charge in [0, 0.05) is 31.4 Å². The maximum absolute atomic E-state index is 15.1. The Balaban J connectivity index is 0.00000181. The van der Waals surface area contributed by atoms with Crippen LogP contribution in [-0.2, 0) is 18.0 Å². The van der Waals surface area contributed by atoms with Gasteiger partial charge in [-0.05, 0) is 50.6 Å². The first-order valence-electron chi connectivity index (χ1n) is 12.9. The summed E-state index contributed by atoms with van der Waals surface area (Å²) in [5.74, 6) is -0.862. The average molecular weight is 559 g/mol. The van der Waals surface area contributed by atoms with Crippen molar-refractivity contribution in [3.05, 3.63) is 75.2 Å². The second-order valence-electron chi connectivity index (χ2n) is 9.38. The number of rotatable bonds is 3. The smallest absolute Gasteiger partial charge is 0.367 e. The Hall–Kier alpha value is -3.93. The van der Waals surface area contributed by atoms with Gasteiger partial charge in [0.25, 0.3) is 0 Å². The van der Waals surface area contributed by atoms with Crippen molar-refractivity contribution >= 4 is 17.1 Å². The fourth-order valence-electron chi connectivity index (χ4n) is 4.42.